The lowest BCUT2D eigenvalue weighted by atomic mass is 9.94. The maximum Gasteiger partial charge on any atom is 0.211 e. The second-order valence-corrected chi connectivity index (χ2v) is 9.15. The fourth-order valence-electron chi connectivity index (χ4n) is 4.19. The van der Waals surface area contributed by atoms with Gasteiger partial charge in [0.1, 0.15) is 5.60 Å². The molecule has 23 heavy (non-hydrogen) atoms. The van der Waals surface area contributed by atoms with Crippen molar-refractivity contribution in [3.63, 3.8) is 0 Å². The molecule has 0 unspecified atom stereocenters. The third-order valence-electron chi connectivity index (χ3n) is 5.19. The van der Waals surface area contributed by atoms with Gasteiger partial charge in [0, 0.05) is 13.1 Å². The first kappa shape index (κ1) is 15.4. The van der Waals surface area contributed by atoms with Gasteiger partial charge in [-0.05, 0) is 36.8 Å². The Balaban J connectivity index is 1.70. The molecule has 2 aromatic rings. The molecule has 8 heteroatoms. The van der Waals surface area contributed by atoms with Gasteiger partial charge in [0.25, 0.3) is 0 Å². The van der Waals surface area contributed by atoms with Crippen LogP contribution in [0.3, 0.4) is 0 Å². The van der Waals surface area contributed by atoms with E-state index in [0.29, 0.717) is 36.6 Å². The smallest absolute Gasteiger partial charge is 0.211 e. The van der Waals surface area contributed by atoms with Crippen LogP contribution in [0.1, 0.15) is 18.5 Å². The Bertz CT molecular complexity index is 865. The third-order valence-corrected chi connectivity index (χ3v) is 6.73. The quantitative estimate of drug-likeness (QED) is 0.885. The predicted octanol–water partition coefficient (Wildman–Crippen LogP) is 1.48. The average molecular weight is 356 g/mol. The minimum absolute atomic E-state index is 0.157. The number of imidazole rings is 1. The molecule has 4 rings (SSSR count). The number of fused-ring (bicyclic) bond motifs is 2. The van der Waals surface area contributed by atoms with Crippen molar-refractivity contribution in [1.82, 2.24) is 13.7 Å². The van der Waals surface area contributed by atoms with E-state index in [1.165, 1.54) is 10.6 Å². The molecule has 3 atom stereocenters. The molecule has 2 aliphatic rings. The van der Waals surface area contributed by atoms with E-state index in [-0.39, 0.29) is 11.8 Å². The van der Waals surface area contributed by atoms with Gasteiger partial charge in [0.15, 0.2) is 0 Å². The molecule has 124 valence electrons. The van der Waals surface area contributed by atoms with Gasteiger partial charge in [0.2, 0.25) is 10.0 Å². The molecule has 0 amide bonds. The highest BCUT2D eigenvalue weighted by Gasteiger charge is 2.52. The van der Waals surface area contributed by atoms with Crippen molar-refractivity contribution in [1.29, 1.82) is 0 Å². The van der Waals surface area contributed by atoms with Crippen molar-refractivity contribution in [2.45, 2.75) is 18.4 Å². The highest BCUT2D eigenvalue weighted by Crippen LogP contribution is 2.50. The topological polar surface area (TPSA) is 74.9 Å². The Morgan fingerprint density at radius 1 is 1.30 bits per heavy atom. The van der Waals surface area contributed by atoms with Crippen LogP contribution in [0.5, 0.6) is 0 Å². The summed E-state index contributed by atoms with van der Waals surface area (Å²) in [6.45, 7) is 0.951. The van der Waals surface area contributed by atoms with E-state index in [2.05, 4.69) is 4.98 Å². The van der Waals surface area contributed by atoms with Crippen LogP contribution in [0, 0.1) is 11.8 Å². The molecule has 0 aromatic carbocycles. The summed E-state index contributed by atoms with van der Waals surface area (Å²) in [6.07, 6.45) is 5.65. The Kier molecular flexibility index (Phi) is 3.29. The zero-order chi connectivity index (χ0) is 16.4. The summed E-state index contributed by atoms with van der Waals surface area (Å²) < 4.78 is 26.8. The predicted molar refractivity (Wildman–Crippen MR) is 86.7 cm³/mol. The molecule has 3 heterocycles. The summed E-state index contributed by atoms with van der Waals surface area (Å²) in [5.74, 6) is 0.314. The zero-order valence-corrected chi connectivity index (χ0v) is 14.3. The van der Waals surface area contributed by atoms with Crippen molar-refractivity contribution in [2.75, 3.05) is 19.3 Å². The zero-order valence-electron chi connectivity index (χ0n) is 12.7. The van der Waals surface area contributed by atoms with Gasteiger partial charge in [-0.25, -0.2) is 17.7 Å². The number of pyridine rings is 1. The van der Waals surface area contributed by atoms with E-state index in [4.69, 9.17) is 11.6 Å². The van der Waals surface area contributed by atoms with Gasteiger partial charge < -0.3 is 5.11 Å². The van der Waals surface area contributed by atoms with E-state index in [1.807, 2.05) is 10.5 Å². The first-order valence-electron chi connectivity index (χ1n) is 7.56. The highest BCUT2D eigenvalue weighted by atomic mass is 35.5. The lowest BCUT2D eigenvalue weighted by molar-refractivity contribution is 0.0285. The van der Waals surface area contributed by atoms with Crippen LogP contribution in [0.4, 0.5) is 0 Å². The van der Waals surface area contributed by atoms with Gasteiger partial charge in [-0.3, -0.25) is 4.40 Å². The summed E-state index contributed by atoms with van der Waals surface area (Å²) in [7, 11) is -3.17. The fraction of sp³-hybridized carbons (Fsp3) is 0.533. The summed E-state index contributed by atoms with van der Waals surface area (Å²) in [4.78, 5) is 4.13. The van der Waals surface area contributed by atoms with Crippen LogP contribution in [-0.2, 0) is 15.6 Å². The van der Waals surface area contributed by atoms with E-state index < -0.39 is 15.6 Å². The number of halogens is 1. The van der Waals surface area contributed by atoms with E-state index in [9.17, 15) is 13.5 Å². The molecule has 2 fully saturated rings. The van der Waals surface area contributed by atoms with E-state index in [1.54, 1.807) is 18.6 Å². The Morgan fingerprint density at radius 2 is 1.96 bits per heavy atom. The lowest BCUT2D eigenvalue weighted by Gasteiger charge is -2.27. The van der Waals surface area contributed by atoms with Crippen LogP contribution >= 0.6 is 11.6 Å². The van der Waals surface area contributed by atoms with Crippen LogP contribution in [0.2, 0.25) is 5.02 Å². The van der Waals surface area contributed by atoms with E-state index >= 15 is 0 Å². The first-order valence-corrected chi connectivity index (χ1v) is 9.79. The van der Waals surface area contributed by atoms with Crippen molar-refractivity contribution in [3.05, 3.63) is 35.4 Å². The number of nitrogens with zero attached hydrogens (tertiary/aromatic N) is 3. The number of hydrogen-bond acceptors (Lipinski definition) is 4. The molecule has 1 saturated carbocycles. The number of sulfonamides is 1. The molecule has 6 nitrogen and oxygen atoms in total. The molecular weight excluding hydrogens is 338 g/mol. The number of hydrogen-bond donors (Lipinski definition) is 1. The maximum absolute atomic E-state index is 11.7. The van der Waals surface area contributed by atoms with Gasteiger partial charge in [-0.1, -0.05) is 11.6 Å². The monoisotopic (exact) mass is 355 g/mol. The second kappa shape index (κ2) is 4.92. The Hall–Kier alpha value is -1.15. The molecule has 0 bridgehead atoms. The summed E-state index contributed by atoms with van der Waals surface area (Å²) in [5, 5.41) is 11.8. The first-order chi connectivity index (χ1) is 10.8. The maximum atomic E-state index is 11.7. The van der Waals surface area contributed by atoms with Crippen molar-refractivity contribution in [3.8, 4) is 0 Å². The minimum atomic E-state index is -3.17. The summed E-state index contributed by atoms with van der Waals surface area (Å²) in [6, 6.07) is 3.64. The number of aromatic nitrogens is 2. The van der Waals surface area contributed by atoms with E-state index in [0.717, 1.165) is 5.52 Å². The molecule has 1 saturated heterocycles. The van der Waals surface area contributed by atoms with Crippen LogP contribution in [0.15, 0.2) is 24.7 Å². The second-order valence-electron chi connectivity index (χ2n) is 6.76. The number of aliphatic hydroxyl groups is 1. The van der Waals surface area contributed by atoms with Crippen molar-refractivity contribution < 1.29 is 13.5 Å². The molecule has 0 radical (unpaired) electrons. The summed E-state index contributed by atoms with van der Waals surface area (Å²) in [5.41, 5.74) is 0.498. The summed E-state index contributed by atoms with van der Waals surface area (Å²) >= 11 is 6.37. The molecular formula is C15H18ClN3O3S. The molecule has 1 aliphatic heterocycles. The van der Waals surface area contributed by atoms with Crippen LogP contribution < -0.4 is 0 Å². The standard InChI is InChI=1S/C15H18ClN3O3S/c1-23(21,22)18-7-10-4-15(20,5-11(10)8-18)14-13(16)3-2-12-6-17-9-19(12)14/h2-3,6,9-11,20H,4-5,7-8H2,1H3/t10-,11+,15+. The molecule has 1 aliphatic carbocycles. The molecule has 0 spiro atoms. The van der Waals surface area contributed by atoms with Crippen LogP contribution in [0.25, 0.3) is 5.52 Å². The Labute approximate surface area is 139 Å². The highest BCUT2D eigenvalue weighted by molar-refractivity contribution is 7.88. The minimum Gasteiger partial charge on any atom is -0.384 e. The van der Waals surface area contributed by atoms with Crippen molar-refractivity contribution in [2.24, 2.45) is 11.8 Å². The Morgan fingerprint density at radius 3 is 2.57 bits per heavy atom. The van der Waals surface area contributed by atoms with Gasteiger partial charge in [0.05, 0.1) is 35.0 Å². The fourth-order valence-corrected chi connectivity index (χ4v) is 5.44. The number of rotatable bonds is 2. The normalized spacial score (nSPS) is 31.8. The molecule has 1 N–H and O–H groups in total. The van der Waals surface area contributed by atoms with Crippen molar-refractivity contribution >= 4 is 27.1 Å². The largest absolute Gasteiger partial charge is 0.384 e. The van der Waals surface area contributed by atoms with Gasteiger partial charge in [-0.15, -0.1) is 0 Å². The molecule has 2 aromatic heterocycles. The average Bonchev–Trinajstić information content (AvgIpc) is 3.09. The third kappa shape index (κ3) is 2.38. The SMILES string of the molecule is CS(=O)(=O)N1C[C@@H]2C[C@](O)(c3c(Cl)ccc4cncn34)C[C@@H]2C1. The van der Waals surface area contributed by atoms with Gasteiger partial charge in [-0.2, -0.15) is 0 Å². The van der Waals surface area contributed by atoms with Crippen LogP contribution in [-0.4, -0.2) is 46.6 Å². The lowest BCUT2D eigenvalue weighted by Crippen LogP contribution is -2.32. The van der Waals surface area contributed by atoms with Gasteiger partial charge >= 0.3 is 0 Å².